The average Bonchev–Trinajstić information content (AvgIpc) is 3.48. The van der Waals surface area contributed by atoms with E-state index in [-0.39, 0.29) is 11.5 Å². The Morgan fingerprint density at radius 3 is 2.71 bits per heavy atom. The van der Waals surface area contributed by atoms with Crippen LogP contribution in [-0.2, 0) is 11.3 Å². The number of ketones is 1. The van der Waals surface area contributed by atoms with E-state index in [9.17, 15) is 10.1 Å². The molecule has 3 aromatic heterocycles. The second-order valence-electron chi connectivity index (χ2n) is 6.91. The van der Waals surface area contributed by atoms with Gasteiger partial charge in [-0.05, 0) is 25.5 Å². The lowest BCUT2D eigenvalue weighted by atomic mass is 10.1. The number of thioether (sulfide) groups is 1. The summed E-state index contributed by atoms with van der Waals surface area (Å²) in [5, 5.41) is 21.2. The third-order valence-electron chi connectivity index (χ3n) is 4.68. The highest BCUT2D eigenvalue weighted by Crippen LogP contribution is 2.29. The number of aryl methyl sites for hydroxylation is 2. The number of furan rings is 1. The standard InChI is InChI=1S/C22H19N5O2S2/c1-14-12-30-21(24-14)18(10-23)19(28)13-31-22-26-25-20(17-8-9-29-15(17)2)27(22)11-16-6-4-3-5-7-16/h3-9,12,18H,11,13H2,1-2H3/t18-/m0/s1. The van der Waals surface area contributed by atoms with Crippen LogP contribution in [0.2, 0.25) is 0 Å². The molecule has 0 bridgehead atoms. The van der Waals surface area contributed by atoms with Crippen molar-refractivity contribution in [2.75, 3.05) is 5.75 Å². The van der Waals surface area contributed by atoms with Crippen LogP contribution in [0.4, 0.5) is 0 Å². The Balaban J connectivity index is 1.59. The SMILES string of the molecule is Cc1csc([C@@H](C#N)C(=O)CSc2nnc(-c3ccoc3C)n2Cc2ccccc2)n1. The van der Waals surface area contributed by atoms with Gasteiger partial charge in [-0.2, -0.15) is 5.26 Å². The van der Waals surface area contributed by atoms with E-state index in [1.165, 1.54) is 23.1 Å². The molecule has 0 spiro atoms. The van der Waals surface area contributed by atoms with Gasteiger partial charge in [-0.15, -0.1) is 21.5 Å². The fourth-order valence-corrected chi connectivity index (χ4v) is 4.81. The third-order valence-corrected chi connectivity index (χ3v) is 6.69. The lowest BCUT2D eigenvalue weighted by molar-refractivity contribution is -0.116. The molecule has 0 N–H and O–H groups in total. The number of rotatable bonds is 8. The number of carbonyl (C=O) groups is 1. The molecule has 3 heterocycles. The highest BCUT2D eigenvalue weighted by atomic mass is 32.2. The van der Waals surface area contributed by atoms with Crippen molar-refractivity contribution >= 4 is 28.9 Å². The maximum atomic E-state index is 12.8. The molecule has 0 amide bonds. The first kappa shape index (κ1) is 21.0. The maximum absolute atomic E-state index is 12.8. The van der Waals surface area contributed by atoms with Gasteiger partial charge in [0.1, 0.15) is 10.8 Å². The summed E-state index contributed by atoms with van der Waals surface area (Å²) in [5.74, 6) is 0.466. The number of thiazole rings is 1. The fourth-order valence-electron chi connectivity index (χ4n) is 3.11. The van der Waals surface area contributed by atoms with E-state index in [0.29, 0.717) is 22.5 Å². The van der Waals surface area contributed by atoms with Gasteiger partial charge in [0.25, 0.3) is 0 Å². The molecule has 7 nitrogen and oxygen atoms in total. The van der Waals surface area contributed by atoms with Crippen LogP contribution in [0.25, 0.3) is 11.4 Å². The number of nitriles is 1. The van der Waals surface area contributed by atoms with Gasteiger partial charge in [0.15, 0.2) is 22.7 Å². The van der Waals surface area contributed by atoms with Crippen LogP contribution >= 0.6 is 23.1 Å². The fraction of sp³-hybridized carbons (Fsp3) is 0.227. The summed E-state index contributed by atoms with van der Waals surface area (Å²) in [6.45, 7) is 4.28. The molecule has 0 radical (unpaired) electrons. The lowest BCUT2D eigenvalue weighted by Gasteiger charge is -2.10. The lowest BCUT2D eigenvalue weighted by Crippen LogP contribution is -2.14. The Hall–Kier alpha value is -3.22. The molecule has 4 rings (SSSR count). The zero-order valence-corrected chi connectivity index (χ0v) is 18.6. The first-order valence-corrected chi connectivity index (χ1v) is 11.4. The molecule has 31 heavy (non-hydrogen) atoms. The molecular formula is C22H19N5O2S2. The van der Waals surface area contributed by atoms with Crippen molar-refractivity contribution in [1.29, 1.82) is 5.26 Å². The summed E-state index contributed by atoms with van der Waals surface area (Å²) in [7, 11) is 0. The van der Waals surface area contributed by atoms with Gasteiger partial charge >= 0.3 is 0 Å². The summed E-state index contributed by atoms with van der Waals surface area (Å²) in [5.41, 5.74) is 2.75. The normalized spacial score (nSPS) is 11.9. The van der Waals surface area contributed by atoms with Gasteiger partial charge in [-0.1, -0.05) is 42.1 Å². The first-order chi connectivity index (χ1) is 15.1. The first-order valence-electron chi connectivity index (χ1n) is 9.55. The molecule has 0 unspecified atom stereocenters. The number of hydrogen-bond donors (Lipinski definition) is 0. The molecule has 1 atom stereocenters. The third kappa shape index (κ3) is 4.60. The van der Waals surface area contributed by atoms with Crippen LogP contribution in [0.3, 0.4) is 0 Å². The Bertz CT molecular complexity index is 1240. The number of hydrogen-bond acceptors (Lipinski definition) is 8. The number of carbonyl (C=O) groups excluding carboxylic acids is 1. The molecule has 9 heteroatoms. The second-order valence-corrected chi connectivity index (χ2v) is 8.74. The van der Waals surface area contributed by atoms with Gasteiger partial charge in [0.05, 0.1) is 30.2 Å². The Kier molecular flexibility index (Phi) is 6.30. The number of Topliss-reactive ketones (excluding diaryl/α,β-unsaturated/α-hetero) is 1. The predicted octanol–water partition coefficient (Wildman–Crippen LogP) is 4.63. The van der Waals surface area contributed by atoms with Crippen molar-refractivity contribution in [3.05, 3.63) is 70.1 Å². The van der Waals surface area contributed by atoms with E-state index in [1.54, 1.807) is 6.26 Å². The summed E-state index contributed by atoms with van der Waals surface area (Å²) in [4.78, 5) is 17.1. The van der Waals surface area contributed by atoms with Crippen molar-refractivity contribution in [3.8, 4) is 17.5 Å². The molecule has 0 saturated heterocycles. The Labute approximate surface area is 187 Å². The van der Waals surface area contributed by atoms with E-state index in [0.717, 1.165) is 22.6 Å². The largest absolute Gasteiger partial charge is 0.469 e. The number of benzene rings is 1. The van der Waals surface area contributed by atoms with Crippen LogP contribution in [0.15, 0.2) is 57.6 Å². The van der Waals surface area contributed by atoms with Gasteiger partial charge in [0.2, 0.25) is 0 Å². The Morgan fingerprint density at radius 1 is 1.26 bits per heavy atom. The maximum Gasteiger partial charge on any atom is 0.192 e. The van der Waals surface area contributed by atoms with Crippen LogP contribution in [0.5, 0.6) is 0 Å². The number of aromatic nitrogens is 4. The highest BCUT2D eigenvalue weighted by molar-refractivity contribution is 7.99. The smallest absolute Gasteiger partial charge is 0.192 e. The monoisotopic (exact) mass is 449 g/mol. The van der Waals surface area contributed by atoms with Crippen molar-refractivity contribution in [2.45, 2.75) is 31.5 Å². The molecule has 156 valence electrons. The topological polar surface area (TPSA) is 97.6 Å². The van der Waals surface area contributed by atoms with Crippen LogP contribution in [0.1, 0.15) is 27.9 Å². The van der Waals surface area contributed by atoms with Gasteiger partial charge in [0, 0.05) is 11.1 Å². The number of nitrogens with zero attached hydrogens (tertiary/aromatic N) is 5. The molecule has 0 aliphatic heterocycles. The summed E-state index contributed by atoms with van der Waals surface area (Å²) in [6, 6.07) is 13.9. The Morgan fingerprint density at radius 2 is 2.06 bits per heavy atom. The van der Waals surface area contributed by atoms with Crippen LogP contribution in [-0.4, -0.2) is 31.3 Å². The minimum Gasteiger partial charge on any atom is -0.469 e. The van der Waals surface area contributed by atoms with Crippen molar-refractivity contribution in [3.63, 3.8) is 0 Å². The van der Waals surface area contributed by atoms with Gasteiger partial charge < -0.3 is 4.42 Å². The van der Waals surface area contributed by atoms with Crippen molar-refractivity contribution < 1.29 is 9.21 Å². The van der Waals surface area contributed by atoms with Gasteiger partial charge in [-0.3, -0.25) is 9.36 Å². The van der Waals surface area contributed by atoms with Crippen LogP contribution in [0, 0.1) is 25.2 Å². The average molecular weight is 450 g/mol. The zero-order chi connectivity index (χ0) is 21.8. The van der Waals surface area contributed by atoms with E-state index >= 15 is 0 Å². The quantitative estimate of drug-likeness (QED) is 0.362. The summed E-state index contributed by atoms with van der Waals surface area (Å²) >= 11 is 2.61. The molecule has 0 aliphatic rings. The van der Waals surface area contributed by atoms with E-state index < -0.39 is 5.92 Å². The molecule has 4 aromatic rings. The molecule has 0 aliphatic carbocycles. The molecule has 0 saturated carbocycles. The second kappa shape index (κ2) is 9.29. The molecule has 1 aromatic carbocycles. The summed E-state index contributed by atoms with van der Waals surface area (Å²) < 4.78 is 7.42. The van der Waals surface area contributed by atoms with E-state index in [4.69, 9.17) is 4.42 Å². The predicted molar refractivity (Wildman–Crippen MR) is 119 cm³/mol. The minimum absolute atomic E-state index is 0.105. The van der Waals surface area contributed by atoms with E-state index in [1.807, 2.05) is 60.2 Å². The minimum atomic E-state index is -0.868. The molecular weight excluding hydrogens is 430 g/mol. The highest BCUT2D eigenvalue weighted by Gasteiger charge is 2.25. The van der Waals surface area contributed by atoms with Crippen LogP contribution < -0.4 is 0 Å². The van der Waals surface area contributed by atoms with E-state index in [2.05, 4.69) is 21.3 Å². The zero-order valence-electron chi connectivity index (χ0n) is 17.0. The summed E-state index contributed by atoms with van der Waals surface area (Å²) in [6.07, 6.45) is 1.62. The van der Waals surface area contributed by atoms with Crippen molar-refractivity contribution in [1.82, 2.24) is 19.7 Å². The van der Waals surface area contributed by atoms with Gasteiger partial charge in [-0.25, -0.2) is 4.98 Å². The molecule has 0 fully saturated rings. The van der Waals surface area contributed by atoms with Crippen molar-refractivity contribution in [2.24, 2.45) is 0 Å².